The van der Waals surface area contributed by atoms with Crippen LogP contribution in [0, 0.1) is 0 Å². The highest BCUT2D eigenvalue weighted by molar-refractivity contribution is 7.85. The Morgan fingerprint density at radius 1 is 1.16 bits per heavy atom. The van der Waals surface area contributed by atoms with Crippen LogP contribution in [0.25, 0.3) is 0 Å². The van der Waals surface area contributed by atoms with E-state index >= 15 is 0 Å². The van der Waals surface area contributed by atoms with Gasteiger partial charge in [-0.25, -0.2) is 0 Å². The Hall–Kier alpha value is -0.690. The van der Waals surface area contributed by atoms with Gasteiger partial charge in [0.25, 0.3) is 10.1 Å². The van der Waals surface area contributed by atoms with Gasteiger partial charge in [0.05, 0.1) is 12.4 Å². The standard InChI is InChI=1S/C12H24FNO4S/c1-2-14(10-7-11-19(16,17)18)12(15)8-5-3-4-6-9-13/h2-11H2,1H3,(H,16,17,18). The van der Waals surface area contributed by atoms with Crippen molar-refractivity contribution in [2.24, 2.45) is 0 Å². The van der Waals surface area contributed by atoms with E-state index in [0.717, 1.165) is 19.3 Å². The van der Waals surface area contributed by atoms with Gasteiger partial charge < -0.3 is 4.90 Å². The van der Waals surface area contributed by atoms with E-state index in [1.807, 2.05) is 6.92 Å². The molecule has 0 aliphatic rings. The summed E-state index contributed by atoms with van der Waals surface area (Å²) >= 11 is 0. The van der Waals surface area contributed by atoms with Gasteiger partial charge in [-0.1, -0.05) is 12.8 Å². The first kappa shape index (κ1) is 18.3. The normalized spacial score (nSPS) is 11.5. The summed E-state index contributed by atoms with van der Waals surface area (Å²) in [5, 5.41) is 0. The Kier molecular flexibility index (Phi) is 9.77. The fourth-order valence-electron chi connectivity index (χ4n) is 1.78. The van der Waals surface area contributed by atoms with E-state index in [-0.39, 0.29) is 24.8 Å². The fraction of sp³-hybridized carbons (Fsp3) is 0.917. The van der Waals surface area contributed by atoms with E-state index in [2.05, 4.69) is 0 Å². The molecule has 7 heteroatoms. The first-order valence-electron chi connectivity index (χ1n) is 6.69. The Bertz CT molecular complexity index is 346. The molecule has 0 aromatic rings. The molecule has 0 saturated heterocycles. The van der Waals surface area contributed by atoms with E-state index in [1.165, 1.54) is 0 Å². The van der Waals surface area contributed by atoms with Crippen LogP contribution in [-0.2, 0) is 14.9 Å². The van der Waals surface area contributed by atoms with Crippen LogP contribution in [0.5, 0.6) is 0 Å². The number of hydrogen-bond acceptors (Lipinski definition) is 3. The quantitative estimate of drug-likeness (QED) is 0.468. The SMILES string of the molecule is CCN(CCCS(=O)(=O)O)C(=O)CCCCCCF. The molecule has 0 heterocycles. The summed E-state index contributed by atoms with van der Waals surface area (Å²) in [6.07, 6.45) is 3.54. The molecule has 0 bridgehead atoms. The van der Waals surface area contributed by atoms with E-state index in [0.29, 0.717) is 25.9 Å². The van der Waals surface area contributed by atoms with E-state index in [9.17, 15) is 17.6 Å². The second-order valence-corrected chi connectivity index (χ2v) is 6.04. The summed E-state index contributed by atoms with van der Waals surface area (Å²) in [4.78, 5) is 13.4. The molecule has 0 aliphatic heterocycles. The number of amides is 1. The van der Waals surface area contributed by atoms with Crippen molar-refractivity contribution in [3.8, 4) is 0 Å². The van der Waals surface area contributed by atoms with E-state index < -0.39 is 10.1 Å². The van der Waals surface area contributed by atoms with Crippen LogP contribution < -0.4 is 0 Å². The van der Waals surface area contributed by atoms with Crippen molar-refractivity contribution in [3.63, 3.8) is 0 Å². The molecular weight excluding hydrogens is 273 g/mol. The fourth-order valence-corrected chi connectivity index (χ4v) is 2.27. The third-order valence-corrected chi connectivity index (χ3v) is 3.64. The van der Waals surface area contributed by atoms with Crippen LogP contribution in [0.1, 0.15) is 45.4 Å². The maximum atomic E-state index is 11.9. The minimum atomic E-state index is -3.95. The van der Waals surface area contributed by atoms with Crippen LogP contribution in [-0.4, -0.2) is 49.3 Å². The van der Waals surface area contributed by atoms with Crippen molar-refractivity contribution in [2.75, 3.05) is 25.5 Å². The average Bonchev–Trinajstić information content (AvgIpc) is 2.33. The highest BCUT2D eigenvalue weighted by Crippen LogP contribution is 2.06. The second-order valence-electron chi connectivity index (χ2n) is 4.47. The largest absolute Gasteiger partial charge is 0.343 e. The summed E-state index contributed by atoms with van der Waals surface area (Å²) in [5.41, 5.74) is 0. The lowest BCUT2D eigenvalue weighted by Crippen LogP contribution is -2.32. The second kappa shape index (κ2) is 10.1. The monoisotopic (exact) mass is 297 g/mol. The van der Waals surface area contributed by atoms with Gasteiger partial charge >= 0.3 is 0 Å². The number of rotatable bonds is 11. The Morgan fingerprint density at radius 2 is 1.79 bits per heavy atom. The third kappa shape index (κ3) is 10.9. The van der Waals surface area contributed by atoms with Crippen molar-refractivity contribution >= 4 is 16.0 Å². The van der Waals surface area contributed by atoms with Gasteiger partial charge in [0.15, 0.2) is 0 Å². The summed E-state index contributed by atoms with van der Waals surface area (Å²) in [5.74, 6) is -0.342. The van der Waals surface area contributed by atoms with E-state index in [1.54, 1.807) is 4.90 Å². The van der Waals surface area contributed by atoms with Crippen LogP contribution in [0.2, 0.25) is 0 Å². The van der Waals surface area contributed by atoms with Gasteiger partial charge in [-0.3, -0.25) is 13.7 Å². The van der Waals surface area contributed by atoms with Gasteiger partial charge in [-0.15, -0.1) is 0 Å². The van der Waals surface area contributed by atoms with Gasteiger partial charge in [-0.05, 0) is 26.2 Å². The molecule has 1 N–H and O–H groups in total. The molecule has 1 amide bonds. The molecule has 0 spiro atoms. The molecule has 0 saturated carbocycles. The number of unbranched alkanes of at least 4 members (excludes halogenated alkanes) is 3. The molecule has 0 aromatic heterocycles. The molecule has 0 atom stereocenters. The molecule has 114 valence electrons. The van der Waals surface area contributed by atoms with Crippen LogP contribution in [0.15, 0.2) is 0 Å². The lowest BCUT2D eigenvalue weighted by molar-refractivity contribution is -0.131. The molecular formula is C12H24FNO4S. The van der Waals surface area contributed by atoms with E-state index in [4.69, 9.17) is 4.55 Å². The van der Waals surface area contributed by atoms with Crippen molar-refractivity contribution in [2.45, 2.75) is 45.4 Å². The lowest BCUT2D eigenvalue weighted by atomic mass is 10.1. The molecule has 5 nitrogen and oxygen atoms in total. The third-order valence-electron chi connectivity index (χ3n) is 2.84. The number of hydrogen-bond donors (Lipinski definition) is 1. The minimum Gasteiger partial charge on any atom is -0.343 e. The average molecular weight is 297 g/mol. The zero-order valence-corrected chi connectivity index (χ0v) is 12.3. The van der Waals surface area contributed by atoms with Gasteiger partial charge in [0, 0.05) is 19.5 Å². The highest BCUT2D eigenvalue weighted by Gasteiger charge is 2.12. The summed E-state index contributed by atoms with van der Waals surface area (Å²) in [7, 11) is -3.95. The Balaban J connectivity index is 3.84. The smallest absolute Gasteiger partial charge is 0.264 e. The summed E-state index contributed by atoms with van der Waals surface area (Å²) in [6.45, 7) is 2.37. The highest BCUT2D eigenvalue weighted by atomic mass is 32.2. The predicted molar refractivity (Wildman–Crippen MR) is 72.3 cm³/mol. The molecule has 0 rings (SSSR count). The number of nitrogens with zero attached hydrogens (tertiary/aromatic N) is 1. The molecule has 0 aromatic carbocycles. The van der Waals surface area contributed by atoms with Crippen LogP contribution in [0.3, 0.4) is 0 Å². The molecule has 0 aliphatic carbocycles. The van der Waals surface area contributed by atoms with Gasteiger partial charge in [0.2, 0.25) is 5.91 Å². The van der Waals surface area contributed by atoms with Crippen LogP contribution >= 0.6 is 0 Å². The van der Waals surface area contributed by atoms with Gasteiger partial charge in [0.1, 0.15) is 0 Å². The zero-order valence-electron chi connectivity index (χ0n) is 11.5. The number of carbonyl (C=O) groups excluding carboxylic acids is 1. The molecule has 0 fully saturated rings. The van der Waals surface area contributed by atoms with Crippen molar-refractivity contribution in [1.82, 2.24) is 4.90 Å². The Morgan fingerprint density at radius 3 is 2.32 bits per heavy atom. The van der Waals surface area contributed by atoms with Crippen molar-refractivity contribution < 1.29 is 22.2 Å². The number of alkyl halides is 1. The Labute approximate surface area is 114 Å². The first-order valence-corrected chi connectivity index (χ1v) is 8.30. The lowest BCUT2D eigenvalue weighted by Gasteiger charge is -2.20. The van der Waals surface area contributed by atoms with Crippen LogP contribution in [0.4, 0.5) is 4.39 Å². The number of carbonyl (C=O) groups is 1. The molecule has 19 heavy (non-hydrogen) atoms. The van der Waals surface area contributed by atoms with Crippen molar-refractivity contribution in [3.05, 3.63) is 0 Å². The zero-order chi connectivity index (χ0) is 14.7. The molecule has 0 unspecified atom stereocenters. The first-order chi connectivity index (χ1) is 8.90. The molecule has 0 radical (unpaired) electrons. The maximum absolute atomic E-state index is 11.9. The number of halogens is 1. The maximum Gasteiger partial charge on any atom is 0.264 e. The van der Waals surface area contributed by atoms with Crippen molar-refractivity contribution in [1.29, 1.82) is 0 Å². The summed E-state index contributed by atoms with van der Waals surface area (Å²) < 4.78 is 41.6. The van der Waals surface area contributed by atoms with Gasteiger partial charge in [-0.2, -0.15) is 8.42 Å². The topological polar surface area (TPSA) is 74.7 Å². The predicted octanol–water partition coefficient (Wildman–Crippen LogP) is 2.03. The summed E-state index contributed by atoms with van der Waals surface area (Å²) in [6, 6.07) is 0. The minimum absolute atomic E-state index is 0.0157.